The van der Waals surface area contributed by atoms with Crippen LogP contribution in [0, 0.1) is 6.92 Å². The summed E-state index contributed by atoms with van der Waals surface area (Å²) in [5.74, 6) is 0. The van der Waals surface area contributed by atoms with E-state index in [4.69, 9.17) is 9.66 Å². The number of aryl methyl sites for hydroxylation is 1. The maximum absolute atomic E-state index is 10.5. The molecule has 0 amide bonds. The van der Waals surface area contributed by atoms with E-state index in [1.54, 1.807) is 18.2 Å². The summed E-state index contributed by atoms with van der Waals surface area (Å²) in [4.78, 5) is -0.0666. The zero-order valence-corrected chi connectivity index (χ0v) is 9.94. The maximum atomic E-state index is 10.5. The van der Waals surface area contributed by atoms with Crippen molar-refractivity contribution in [3.8, 4) is 0 Å². The Kier molecular flexibility index (Phi) is 6.64. The summed E-state index contributed by atoms with van der Waals surface area (Å²) in [5.41, 5.74) is 0.956. The van der Waals surface area contributed by atoms with Crippen LogP contribution in [0.5, 0.6) is 0 Å². The van der Waals surface area contributed by atoms with Gasteiger partial charge in [0.25, 0.3) is 10.1 Å². The lowest BCUT2D eigenvalue weighted by Gasteiger charge is -1.95. The second-order valence-corrected chi connectivity index (χ2v) is 4.51. The van der Waals surface area contributed by atoms with Gasteiger partial charge in [0.05, 0.1) is 4.90 Å². The Morgan fingerprint density at radius 3 is 2.06 bits per heavy atom. The van der Waals surface area contributed by atoms with E-state index in [0.29, 0.717) is 6.42 Å². The third-order valence-corrected chi connectivity index (χ3v) is 2.52. The Bertz CT molecular complexity index is 406. The first kappa shape index (κ1) is 14.8. The highest BCUT2D eigenvalue weighted by atomic mass is 32.2. The molecule has 0 saturated carbocycles. The fourth-order valence-corrected chi connectivity index (χ4v) is 1.28. The van der Waals surface area contributed by atoms with Crippen molar-refractivity contribution in [2.24, 2.45) is 0 Å². The molecule has 0 aliphatic heterocycles. The van der Waals surface area contributed by atoms with Gasteiger partial charge in [0.2, 0.25) is 0 Å². The van der Waals surface area contributed by atoms with E-state index >= 15 is 0 Å². The first-order chi connectivity index (χ1) is 7.41. The minimum absolute atomic E-state index is 0.0666. The molecule has 16 heavy (non-hydrogen) atoms. The van der Waals surface area contributed by atoms with E-state index in [2.05, 4.69) is 6.58 Å². The number of hydrogen-bond donors (Lipinski definition) is 2. The van der Waals surface area contributed by atoms with Gasteiger partial charge in [0.15, 0.2) is 0 Å². The third kappa shape index (κ3) is 6.34. The molecule has 5 heteroatoms. The second kappa shape index (κ2) is 7.16. The zero-order valence-electron chi connectivity index (χ0n) is 9.13. The van der Waals surface area contributed by atoms with Crippen LogP contribution in [0.3, 0.4) is 0 Å². The molecule has 0 aliphatic carbocycles. The highest BCUT2D eigenvalue weighted by Crippen LogP contribution is 2.08. The Morgan fingerprint density at radius 1 is 1.31 bits per heavy atom. The van der Waals surface area contributed by atoms with Gasteiger partial charge >= 0.3 is 0 Å². The standard InChI is InChI=1S/C7H8O3S.C4H8O/c1-6-2-4-7(5-3-6)11(8,9)10;1-2-3-4-5/h2-5H,1H3,(H,8,9,10);2,5H,1,3-4H2. The molecule has 0 unspecified atom stereocenters. The van der Waals surface area contributed by atoms with Crippen molar-refractivity contribution >= 4 is 10.1 Å². The molecule has 1 rings (SSSR count). The summed E-state index contributed by atoms with van der Waals surface area (Å²) in [6.45, 7) is 5.46. The summed E-state index contributed by atoms with van der Waals surface area (Å²) >= 11 is 0. The molecule has 0 radical (unpaired) electrons. The second-order valence-electron chi connectivity index (χ2n) is 3.09. The monoisotopic (exact) mass is 244 g/mol. The molecule has 0 atom stereocenters. The van der Waals surface area contributed by atoms with Crippen molar-refractivity contribution in [3.05, 3.63) is 42.5 Å². The Morgan fingerprint density at radius 2 is 1.81 bits per heavy atom. The number of benzene rings is 1. The maximum Gasteiger partial charge on any atom is 0.294 e. The lowest BCUT2D eigenvalue weighted by molar-refractivity contribution is 0.303. The van der Waals surface area contributed by atoms with Crippen molar-refractivity contribution in [1.29, 1.82) is 0 Å². The van der Waals surface area contributed by atoms with Crippen LogP contribution in [0.1, 0.15) is 12.0 Å². The topological polar surface area (TPSA) is 74.6 Å². The molecule has 0 fully saturated rings. The van der Waals surface area contributed by atoms with Crippen LogP contribution in [-0.2, 0) is 10.1 Å². The van der Waals surface area contributed by atoms with Crippen LogP contribution in [0.15, 0.2) is 41.8 Å². The van der Waals surface area contributed by atoms with Crippen LogP contribution in [0.2, 0.25) is 0 Å². The molecule has 2 N–H and O–H groups in total. The molecule has 0 heterocycles. The van der Waals surface area contributed by atoms with Crippen molar-refractivity contribution in [2.45, 2.75) is 18.2 Å². The summed E-state index contributed by atoms with van der Waals surface area (Å²) < 4.78 is 29.6. The highest BCUT2D eigenvalue weighted by Gasteiger charge is 2.06. The van der Waals surface area contributed by atoms with Gasteiger partial charge < -0.3 is 5.11 Å². The molecular formula is C11H16O4S. The summed E-state index contributed by atoms with van der Waals surface area (Å²) in [5, 5.41) is 8.00. The molecule has 0 saturated heterocycles. The average Bonchev–Trinajstić information content (AvgIpc) is 2.19. The Balaban J connectivity index is 0.000000385. The molecule has 0 aromatic heterocycles. The Labute approximate surface area is 96.0 Å². The third-order valence-electron chi connectivity index (χ3n) is 1.65. The lowest BCUT2D eigenvalue weighted by Crippen LogP contribution is -1.96. The van der Waals surface area contributed by atoms with E-state index in [1.807, 2.05) is 6.92 Å². The van der Waals surface area contributed by atoms with Gasteiger partial charge in [-0.15, -0.1) is 6.58 Å². The highest BCUT2D eigenvalue weighted by molar-refractivity contribution is 7.85. The summed E-state index contributed by atoms with van der Waals surface area (Å²) in [7, 11) is -4.02. The quantitative estimate of drug-likeness (QED) is 0.628. The number of rotatable bonds is 3. The van der Waals surface area contributed by atoms with Gasteiger partial charge in [-0.2, -0.15) is 8.42 Å². The molecule has 1 aromatic rings. The van der Waals surface area contributed by atoms with E-state index in [9.17, 15) is 8.42 Å². The van der Waals surface area contributed by atoms with Gasteiger partial charge in [-0.3, -0.25) is 4.55 Å². The number of aliphatic hydroxyl groups is 1. The van der Waals surface area contributed by atoms with Crippen molar-refractivity contribution in [2.75, 3.05) is 6.61 Å². The fraction of sp³-hybridized carbons (Fsp3) is 0.273. The molecular weight excluding hydrogens is 228 g/mol. The van der Waals surface area contributed by atoms with Gasteiger partial charge in [-0.1, -0.05) is 23.8 Å². The van der Waals surface area contributed by atoms with E-state index in [-0.39, 0.29) is 11.5 Å². The van der Waals surface area contributed by atoms with Gasteiger partial charge in [-0.05, 0) is 25.5 Å². The minimum Gasteiger partial charge on any atom is -0.396 e. The van der Waals surface area contributed by atoms with Crippen LogP contribution in [0.25, 0.3) is 0 Å². The van der Waals surface area contributed by atoms with Crippen LogP contribution in [0.4, 0.5) is 0 Å². The molecule has 1 aromatic carbocycles. The number of hydrogen-bond acceptors (Lipinski definition) is 3. The molecule has 4 nitrogen and oxygen atoms in total. The predicted octanol–water partition coefficient (Wildman–Crippen LogP) is 1.80. The molecule has 0 spiro atoms. The smallest absolute Gasteiger partial charge is 0.294 e. The predicted molar refractivity (Wildman–Crippen MR) is 62.9 cm³/mol. The summed E-state index contributed by atoms with van der Waals surface area (Å²) in [6.07, 6.45) is 2.39. The SMILES string of the molecule is C=CCCO.Cc1ccc(S(=O)(=O)O)cc1. The largest absolute Gasteiger partial charge is 0.396 e. The summed E-state index contributed by atoms with van der Waals surface area (Å²) in [6, 6.07) is 5.99. The zero-order chi connectivity index (χ0) is 12.6. The molecule has 0 aliphatic rings. The van der Waals surface area contributed by atoms with Crippen molar-refractivity contribution in [1.82, 2.24) is 0 Å². The van der Waals surface area contributed by atoms with Crippen molar-refractivity contribution in [3.63, 3.8) is 0 Å². The average molecular weight is 244 g/mol. The van der Waals surface area contributed by atoms with E-state index < -0.39 is 10.1 Å². The van der Waals surface area contributed by atoms with Gasteiger partial charge in [0, 0.05) is 6.61 Å². The minimum atomic E-state index is -4.02. The van der Waals surface area contributed by atoms with Crippen molar-refractivity contribution < 1.29 is 18.1 Å². The normalized spacial score (nSPS) is 10.2. The number of aliphatic hydroxyl groups excluding tert-OH is 1. The molecule has 0 bridgehead atoms. The fourth-order valence-electron chi connectivity index (χ4n) is 0.802. The molecule has 90 valence electrons. The lowest BCUT2D eigenvalue weighted by atomic mass is 10.2. The Hall–Kier alpha value is -1.17. The first-order valence-corrected chi connectivity index (χ1v) is 6.11. The van der Waals surface area contributed by atoms with Crippen LogP contribution in [-0.4, -0.2) is 24.7 Å². The van der Waals surface area contributed by atoms with Gasteiger partial charge in [0.1, 0.15) is 0 Å². The van der Waals surface area contributed by atoms with E-state index in [0.717, 1.165) is 5.56 Å². The van der Waals surface area contributed by atoms with Gasteiger partial charge in [-0.25, -0.2) is 0 Å². The van der Waals surface area contributed by atoms with E-state index in [1.165, 1.54) is 12.1 Å². The van der Waals surface area contributed by atoms with Crippen LogP contribution < -0.4 is 0 Å². The first-order valence-electron chi connectivity index (χ1n) is 4.67. The van der Waals surface area contributed by atoms with Crippen LogP contribution >= 0.6 is 0 Å².